The molecule has 0 radical (unpaired) electrons. The Hall–Kier alpha value is -0.460. The molecule has 1 saturated heterocycles. The van der Waals surface area contributed by atoms with Crippen LogP contribution in [0.25, 0.3) is 0 Å². The molecule has 1 rings (SSSR count). The summed E-state index contributed by atoms with van der Waals surface area (Å²) < 4.78 is 11.1. The van der Waals surface area contributed by atoms with Gasteiger partial charge in [0.15, 0.2) is 0 Å². The molecule has 0 saturated carbocycles. The van der Waals surface area contributed by atoms with Crippen molar-refractivity contribution in [3.8, 4) is 0 Å². The Morgan fingerprint density at radius 1 is 0.839 bits per heavy atom. The number of allylic oxidation sites excluding steroid dienone is 2. The molecule has 0 spiro atoms. The Bertz CT molecular complexity index is 415. The first kappa shape index (κ1) is 28.6. The first-order valence-corrected chi connectivity index (χ1v) is 13.1. The number of rotatable bonds is 21. The normalized spacial score (nSPS) is 22.5. The van der Waals surface area contributed by atoms with E-state index in [-0.39, 0.29) is 13.2 Å². The number of ether oxygens (including phenoxy) is 2. The van der Waals surface area contributed by atoms with Crippen molar-refractivity contribution in [1.29, 1.82) is 0 Å². The fourth-order valence-corrected chi connectivity index (χ4v) is 4.18. The molecule has 1 aliphatic rings. The van der Waals surface area contributed by atoms with Gasteiger partial charge in [0, 0.05) is 6.61 Å². The van der Waals surface area contributed by atoms with Gasteiger partial charge in [-0.2, -0.15) is 0 Å². The molecule has 0 aromatic heterocycles. The zero-order chi connectivity index (χ0) is 22.6. The van der Waals surface area contributed by atoms with Crippen molar-refractivity contribution in [3.63, 3.8) is 0 Å². The summed E-state index contributed by atoms with van der Waals surface area (Å²) in [5.41, 5.74) is 0. The van der Waals surface area contributed by atoms with Crippen LogP contribution in [0, 0.1) is 0 Å². The second-order valence-electron chi connectivity index (χ2n) is 9.10. The van der Waals surface area contributed by atoms with Crippen LogP contribution in [0.4, 0.5) is 0 Å². The van der Waals surface area contributed by atoms with E-state index >= 15 is 0 Å². The first-order chi connectivity index (χ1) is 15.2. The lowest BCUT2D eigenvalue weighted by atomic mass is 10.1. The highest BCUT2D eigenvalue weighted by molar-refractivity contribution is 4.89. The molecule has 0 aromatic rings. The summed E-state index contributed by atoms with van der Waals surface area (Å²) in [5, 5.41) is 28.7. The molecule has 184 valence electrons. The Labute approximate surface area is 191 Å². The number of hydrogen-bond donors (Lipinski definition) is 3. The van der Waals surface area contributed by atoms with E-state index in [0.717, 1.165) is 12.8 Å². The summed E-state index contributed by atoms with van der Waals surface area (Å²) in [5.74, 6) is 0. The van der Waals surface area contributed by atoms with E-state index in [4.69, 9.17) is 14.6 Å². The van der Waals surface area contributed by atoms with Crippen LogP contribution in [0.15, 0.2) is 12.2 Å². The van der Waals surface area contributed by atoms with Crippen molar-refractivity contribution in [1.82, 2.24) is 0 Å². The molecular weight excluding hydrogens is 392 g/mol. The van der Waals surface area contributed by atoms with Crippen LogP contribution in [0.1, 0.15) is 110 Å². The Balaban J connectivity index is 1.83. The summed E-state index contributed by atoms with van der Waals surface area (Å²) in [6, 6.07) is 0. The van der Waals surface area contributed by atoms with Crippen LogP contribution in [0.2, 0.25) is 0 Å². The van der Waals surface area contributed by atoms with Crippen molar-refractivity contribution >= 4 is 0 Å². The zero-order valence-corrected chi connectivity index (χ0v) is 20.1. The van der Waals surface area contributed by atoms with Crippen molar-refractivity contribution in [2.24, 2.45) is 0 Å². The van der Waals surface area contributed by atoms with Gasteiger partial charge in [0.2, 0.25) is 0 Å². The molecule has 1 fully saturated rings. The Kier molecular flexibility index (Phi) is 18.6. The SMILES string of the molecule is CCCCCCCCC/C=C/CCCCCCCCCO[C@@H]1[C@H]([C@@H](O)CO)OC[C@H]1O. The maximum atomic E-state index is 9.91. The second-order valence-corrected chi connectivity index (χ2v) is 9.10. The predicted octanol–water partition coefficient (Wildman–Crippen LogP) is 5.30. The number of aliphatic hydroxyl groups is 3. The van der Waals surface area contributed by atoms with Crippen LogP contribution in [0.5, 0.6) is 0 Å². The molecule has 5 heteroatoms. The summed E-state index contributed by atoms with van der Waals surface area (Å²) in [7, 11) is 0. The molecule has 1 aliphatic heterocycles. The van der Waals surface area contributed by atoms with E-state index in [0.29, 0.717) is 6.61 Å². The lowest BCUT2D eigenvalue weighted by Gasteiger charge is -2.23. The molecule has 1 heterocycles. The van der Waals surface area contributed by atoms with Crippen LogP contribution < -0.4 is 0 Å². The van der Waals surface area contributed by atoms with Crippen molar-refractivity contribution in [2.45, 2.75) is 134 Å². The van der Waals surface area contributed by atoms with Gasteiger partial charge in [-0.15, -0.1) is 0 Å². The number of hydrogen-bond acceptors (Lipinski definition) is 5. The average molecular weight is 443 g/mol. The second kappa shape index (κ2) is 20.2. The van der Waals surface area contributed by atoms with Gasteiger partial charge in [-0.25, -0.2) is 0 Å². The third-order valence-corrected chi connectivity index (χ3v) is 6.20. The minimum absolute atomic E-state index is 0.153. The van der Waals surface area contributed by atoms with Crippen LogP contribution in [0.3, 0.4) is 0 Å². The summed E-state index contributed by atoms with van der Waals surface area (Å²) in [4.78, 5) is 0. The van der Waals surface area contributed by atoms with Crippen LogP contribution in [-0.2, 0) is 9.47 Å². The smallest absolute Gasteiger partial charge is 0.114 e. The molecule has 0 bridgehead atoms. The van der Waals surface area contributed by atoms with Crippen LogP contribution >= 0.6 is 0 Å². The zero-order valence-electron chi connectivity index (χ0n) is 20.1. The van der Waals surface area contributed by atoms with Crippen molar-refractivity contribution in [3.05, 3.63) is 12.2 Å². The van der Waals surface area contributed by atoms with E-state index in [9.17, 15) is 10.2 Å². The molecular formula is C26H50O5. The Morgan fingerprint density at radius 2 is 1.35 bits per heavy atom. The fraction of sp³-hybridized carbons (Fsp3) is 0.923. The Morgan fingerprint density at radius 3 is 1.90 bits per heavy atom. The van der Waals surface area contributed by atoms with Gasteiger partial charge in [0.05, 0.1) is 13.2 Å². The quantitative estimate of drug-likeness (QED) is 0.166. The van der Waals surface area contributed by atoms with E-state index in [1.54, 1.807) is 0 Å². The number of unbranched alkanes of at least 4 members (excludes halogenated alkanes) is 14. The molecule has 0 amide bonds. The molecule has 5 nitrogen and oxygen atoms in total. The third-order valence-electron chi connectivity index (χ3n) is 6.20. The molecule has 0 aromatic carbocycles. The largest absolute Gasteiger partial charge is 0.394 e. The highest BCUT2D eigenvalue weighted by Gasteiger charge is 2.40. The van der Waals surface area contributed by atoms with Gasteiger partial charge in [0.1, 0.15) is 24.4 Å². The minimum Gasteiger partial charge on any atom is -0.394 e. The standard InChI is InChI=1S/C26H50O5/c1-2-3-4-5-6-7-8-9-10-11-12-13-14-15-16-17-18-19-20-30-26-24(29)22-31-25(26)23(28)21-27/h10-11,23-29H,2-9,12-22H2,1H3/b11-10+/t23-,24+,25-,26-/m0/s1. The molecule has 0 unspecified atom stereocenters. The topological polar surface area (TPSA) is 79.2 Å². The van der Waals surface area contributed by atoms with Gasteiger partial charge in [-0.1, -0.05) is 89.7 Å². The highest BCUT2D eigenvalue weighted by Crippen LogP contribution is 2.21. The van der Waals surface area contributed by atoms with Gasteiger partial charge >= 0.3 is 0 Å². The molecule has 31 heavy (non-hydrogen) atoms. The maximum Gasteiger partial charge on any atom is 0.114 e. The van der Waals surface area contributed by atoms with Gasteiger partial charge < -0.3 is 24.8 Å². The fourth-order valence-electron chi connectivity index (χ4n) is 4.18. The lowest BCUT2D eigenvalue weighted by molar-refractivity contribution is -0.0938. The van der Waals surface area contributed by atoms with E-state index in [1.807, 2.05) is 0 Å². The predicted molar refractivity (Wildman–Crippen MR) is 127 cm³/mol. The minimum atomic E-state index is -1.00. The molecule has 4 atom stereocenters. The molecule has 3 N–H and O–H groups in total. The summed E-state index contributed by atoms with van der Waals surface area (Å²) >= 11 is 0. The monoisotopic (exact) mass is 442 g/mol. The lowest BCUT2D eigenvalue weighted by Crippen LogP contribution is -2.42. The summed E-state index contributed by atoms with van der Waals surface area (Å²) in [6.07, 6.45) is 22.5. The van der Waals surface area contributed by atoms with E-state index in [1.165, 1.54) is 89.9 Å². The average Bonchev–Trinajstić information content (AvgIpc) is 3.15. The van der Waals surface area contributed by atoms with Gasteiger partial charge in [0.25, 0.3) is 0 Å². The van der Waals surface area contributed by atoms with Crippen molar-refractivity contribution in [2.75, 3.05) is 19.8 Å². The van der Waals surface area contributed by atoms with Crippen LogP contribution in [-0.4, -0.2) is 59.6 Å². The number of aliphatic hydroxyl groups excluding tert-OH is 3. The third kappa shape index (κ3) is 14.3. The molecule has 0 aliphatic carbocycles. The maximum absolute atomic E-state index is 9.91. The van der Waals surface area contributed by atoms with Gasteiger partial charge in [-0.05, 0) is 32.1 Å². The van der Waals surface area contributed by atoms with Gasteiger partial charge in [-0.3, -0.25) is 0 Å². The summed E-state index contributed by atoms with van der Waals surface area (Å²) in [6.45, 7) is 2.60. The van der Waals surface area contributed by atoms with Crippen molar-refractivity contribution < 1.29 is 24.8 Å². The first-order valence-electron chi connectivity index (χ1n) is 13.1. The highest BCUT2D eigenvalue weighted by atomic mass is 16.6. The van der Waals surface area contributed by atoms with E-state index in [2.05, 4.69) is 19.1 Å². The van der Waals surface area contributed by atoms with E-state index < -0.39 is 24.4 Å².